The summed E-state index contributed by atoms with van der Waals surface area (Å²) in [5.41, 5.74) is 2.13. The minimum Gasteiger partial charge on any atom is -0.385 e. The van der Waals surface area contributed by atoms with Gasteiger partial charge in [-0.2, -0.15) is 0 Å². The molecule has 2 N–H and O–H groups in total. The summed E-state index contributed by atoms with van der Waals surface area (Å²) >= 11 is 3.28. The number of carbonyl (C=O) groups excluding carboxylic acids is 1. The molecule has 1 atom stereocenters. The highest BCUT2D eigenvalue weighted by Crippen LogP contribution is 2.32. The molecule has 1 aliphatic heterocycles. The molecule has 1 aliphatic rings. The van der Waals surface area contributed by atoms with Crippen LogP contribution in [-0.4, -0.2) is 12.5 Å². The Bertz CT molecular complexity index is 690. The third-order valence-electron chi connectivity index (χ3n) is 3.59. The molecule has 1 amide bonds. The zero-order valence-corrected chi connectivity index (χ0v) is 12.8. The number of carbonyl (C=O) groups is 1. The Morgan fingerprint density at radius 3 is 2.95 bits per heavy atom. The van der Waals surface area contributed by atoms with E-state index in [9.17, 15) is 9.18 Å². The monoisotopic (exact) mass is 348 g/mol. The summed E-state index contributed by atoms with van der Waals surface area (Å²) in [7, 11) is 0. The first kappa shape index (κ1) is 14.1. The predicted octanol–water partition coefficient (Wildman–Crippen LogP) is 4.13. The molecule has 0 fully saturated rings. The Labute approximate surface area is 130 Å². The zero-order chi connectivity index (χ0) is 14.8. The van der Waals surface area contributed by atoms with E-state index in [1.54, 1.807) is 12.1 Å². The fourth-order valence-corrected chi connectivity index (χ4v) is 2.92. The van der Waals surface area contributed by atoms with Gasteiger partial charge in [0.25, 0.3) is 0 Å². The van der Waals surface area contributed by atoms with Gasteiger partial charge in [-0.25, -0.2) is 4.39 Å². The lowest BCUT2D eigenvalue weighted by Gasteiger charge is -2.26. The molecule has 0 aliphatic carbocycles. The normalized spacial score (nSPS) is 16.8. The molecule has 0 aromatic heterocycles. The fraction of sp³-hybridized carbons (Fsp3) is 0.188. The summed E-state index contributed by atoms with van der Waals surface area (Å²) < 4.78 is 14.5. The quantitative estimate of drug-likeness (QED) is 0.856. The number of nitrogens with one attached hydrogen (secondary N) is 2. The van der Waals surface area contributed by atoms with E-state index in [1.165, 1.54) is 6.07 Å². The summed E-state index contributed by atoms with van der Waals surface area (Å²) in [6.45, 7) is 0.732. The van der Waals surface area contributed by atoms with E-state index < -0.39 is 5.82 Å². The van der Waals surface area contributed by atoms with Crippen molar-refractivity contribution in [3.63, 3.8) is 0 Å². The number of benzene rings is 2. The van der Waals surface area contributed by atoms with Crippen LogP contribution in [0.2, 0.25) is 0 Å². The molecule has 3 rings (SSSR count). The van der Waals surface area contributed by atoms with Crippen molar-refractivity contribution in [1.82, 2.24) is 0 Å². The van der Waals surface area contributed by atoms with Crippen molar-refractivity contribution in [3.8, 4) is 0 Å². The Kier molecular flexibility index (Phi) is 3.92. The maximum atomic E-state index is 13.7. The van der Waals surface area contributed by atoms with Gasteiger partial charge < -0.3 is 10.6 Å². The molecular formula is C16H14BrFN2O. The molecule has 2 aromatic rings. The summed E-state index contributed by atoms with van der Waals surface area (Å²) in [6.07, 6.45) is 0.693. The van der Waals surface area contributed by atoms with Gasteiger partial charge >= 0.3 is 0 Å². The van der Waals surface area contributed by atoms with Crippen LogP contribution < -0.4 is 10.6 Å². The highest BCUT2D eigenvalue weighted by Gasteiger charge is 2.26. The molecule has 0 spiro atoms. The van der Waals surface area contributed by atoms with Crippen LogP contribution in [0.15, 0.2) is 46.9 Å². The third-order valence-corrected chi connectivity index (χ3v) is 4.08. The van der Waals surface area contributed by atoms with Gasteiger partial charge in [-0.05, 0) is 36.2 Å². The molecule has 21 heavy (non-hydrogen) atoms. The van der Waals surface area contributed by atoms with E-state index in [0.29, 0.717) is 6.42 Å². The largest absolute Gasteiger partial charge is 0.385 e. The van der Waals surface area contributed by atoms with Gasteiger partial charge in [-0.3, -0.25) is 4.79 Å². The molecular weight excluding hydrogens is 335 g/mol. The second-order valence-electron chi connectivity index (χ2n) is 4.97. The molecule has 3 nitrogen and oxygen atoms in total. The predicted molar refractivity (Wildman–Crippen MR) is 85.0 cm³/mol. The van der Waals surface area contributed by atoms with E-state index in [-0.39, 0.29) is 17.5 Å². The highest BCUT2D eigenvalue weighted by molar-refractivity contribution is 9.10. The van der Waals surface area contributed by atoms with Crippen molar-refractivity contribution in [2.75, 3.05) is 17.2 Å². The van der Waals surface area contributed by atoms with Crippen LogP contribution in [0.25, 0.3) is 0 Å². The Hall–Kier alpha value is -1.88. The summed E-state index contributed by atoms with van der Waals surface area (Å²) in [5.74, 6) is -0.879. The molecule has 0 saturated heterocycles. The minimum absolute atomic E-state index is 0.180. The lowest BCUT2D eigenvalue weighted by molar-refractivity contribution is -0.117. The Morgan fingerprint density at radius 1 is 1.29 bits per heavy atom. The van der Waals surface area contributed by atoms with Crippen LogP contribution in [0.3, 0.4) is 0 Å². The molecule has 2 aromatic carbocycles. The Morgan fingerprint density at radius 2 is 2.10 bits per heavy atom. The molecule has 5 heteroatoms. The zero-order valence-electron chi connectivity index (χ0n) is 11.2. The number of hydrogen-bond donors (Lipinski definition) is 2. The molecule has 108 valence electrons. The summed E-state index contributed by atoms with van der Waals surface area (Å²) in [5, 5.41) is 5.96. The van der Waals surface area contributed by atoms with Gasteiger partial charge in [0.2, 0.25) is 5.91 Å². The van der Waals surface area contributed by atoms with Gasteiger partial charge in [0, 0.05) is 16.7 Å². The second kappa shape index (κ2) is 5.85. The topological polar surface area (TPSA) is 41.1 Å². The van der Waals surface area contributed by atoms with Crippen molar-refractivity contribution < 1.29 is 9.18 Å². The molecule has 0 bridgehead atoms. The first-order chi connectivity index (χ1) is 10.1. The number of anilines is 2. The van der Waals surface area contributed by atoms with E-state index in [4.69, 9.17) is 0 Å². The minimum atomic E-state index is -0.436. The van der Waals surface area contributed by atoms with Crippen molar-refractivity contribution in [1.29, 1.82) is 0 Å². The van der Waals surface area contributed by atoms with Gasteiger partial charge in [0.1, 0.15) is 5.82 Å². The average Bonchev–Trinajstić information content (AvgIpc) is 2.50. The van der Waals surface area contributed by atoms with Gasteiger partial charge in [0.05, 0.1) is 11.6 Å². The molecule has 0 saturated carbocycles. The van der Waals surface area contributed by atoms with Gasteiger partial charge in [-0.15, -0.1) is 0 Å². The number of halogens is 2. The smallest absolute Gasteiger partial charge is 0.232 e. The standard InChI is InChI=1S/C16H14BrFN2O/c17-10-5-6-13(18)15(9-10)20-16(21)12-7-8-19-14-4-2-1-3-11(12)14/h1-6,9,12,19H,7-8H2,(H,20,21). The number of rotatable bonds is 2. The van der Waals surface area contributed by atoms with Crippen LogP contribution >= 0.6 is 15.9 Å². The first-order valence-corrected chi connectivity index (χ1v) is 7.53. The second-order valence-corrected chi connectivity index (χ2v) is 5.88. The maximum absolute atomic E-state index is 13.7. The van der Waals surface area contributed by atoms with Gasteiger partial charge in [-0.1, -0.05) is 34.1 Å². The average molecular weight is 349 g/mol. The van der Waals surface area contributed by atoms with Crippen LogP contribution in [0.4, 0.5) is 15.8 Å². The van der Waals surface area contributed by atoms with Crippen molar-refractivity contribution in [2.45, 2.75) is 12.3 Å². The van der Waals surface area contributed by atoms with Crippen LogP contribution in [0.5, 0.6) is 0 Å². The van der Waals surface area contributed by atoms with E-state index >= 15 is 0 Å². The number of fused-ring (bicyclic) bond motifs is 1. The van der Waals surface area contributed by atoms with Crippen LogP contribution in [0.1, 0.15) is 17.9 Å². The summed E-state index contributed by atoms with van der Waals surface area (Å²) in [4.78, 5) is 12.5. The number of amides is 1. The Balaban J connectivity index is 1.85. The maximum Gasteiger partial charge on any atom is 0.232 e. The first-order valence-electron chi connectivity index (χ1n) is 6.74. The van der Waals surface area contributed by atoms with Crippen LogP contribution in [-0.2, 0) is 4.79 Å². The van der Waals surface area contributed by atoms with Crippen molar-refractivity contribution in [2.24, 2.45) is 0 Å². The van der Waals surface area contributed by atoms with E-state index in [2.05, 4.69) is 26.6 Å². The van der Waals surface area contributed by atoms with E-state index in [0.717, 1.165) is 22.3 Å². The van der Waals surface area contributed by atoms with Gasteiger partial charge in [0.15, 0.2) is 0 Å². The lowest BCUT2D eigenvalue weighted by Crippen LogP contribution is -2.27. The van der Waals surface area contributed by atoms with Crippen molar-refractivity contribution in [3.05, 3.63) is 58.3 Å². The number of hydrogen-bond acceptors (Lipinski definition) is 2. The van der Waals surface area contributed by atoms with Crippen molar-refractivity contribution >= 4 is 33.2 Å². The van der Waals surface area contributed by atoms with Crippen LogP contribution in [0, 0.1) is 5.82 Å². The molecule has 1 heterocycles. The van der Waals surface area contributed by atoms with E-state index in [1.807, 2.05) is 24.3 Å². The number of para-hydroxylation sites is 1. The molecule has 0 radical (unpaired) electrons. The highest BCUT2D eigenvalue weighted by atomic mass is 79.9. The lowest BCUT2D eigenvalue weighted by atomic mass is 9.90. The summed E-state index contributed by atoms with van der Waals surface area (Å²) in [6, 6.07) is 12.2. The third kappa shape index (κ3) is 2.93. The molecule has 1 unspecified atom stereocenters. The fourth-order valence-electron chi connectivity index (χ4n) is 2.55. The SMILES string of the molecule is O=C(Nc1cc(Br)ccc1F)C1CCNc2ccccc21.